The van der Waals surface area contributed by atoms with E-state index in [9.17, 15) is 4.79 Å². The first-order valence-corrected chi connectivity index (χ1v) is 8.94. The Kier molecular flexibility index (Phi) is 5.93. The van der Waals surface area contributed by atoms with Gasteiger partial charge in [-0.3, -0.25) is 9.78 Å². The number of hydrogen-bond acceptors (Lipinski definition) is 5. The Balaban J connectivity index is 1.39. The maximum Gasteiger partial charge on any atom is 0.223 e. The quantitative estimate of drug-likeness (QED) is 0.845. The Morgan fingerprint density at radius 2 is 1.80 bits per heavy atom. The van der Waals surface area contributed by atoms with Gasteiger partial charge >= 0.3 is 0 Å². The van der Waals surface area contributed by atoms with Gasteiger partial charge in [-0.25, -0.2) is 9.97 Å². The van der Waals surface area contributed by atoms with Crippen molar-refractivity contribution in [2.75, 3.05) is 11.9 Å². The van der Waals surface area contributed by atoms with Crippen LogP contribution in [0.15, 0.2) is 36.8 Å². The highest BCUT2D eigenvalue weighted by atomic mass is 16.1. The largest absolute Gasteiger partial charge is 0.355 e. The number of carbonyl (C=O) groups is 1. The van der Waals surface area contributed by atoms with Gasteiger partial charge < -0.3 is 10.6 Å². The van der Waals surface area contributed by atoms with Gasteiger partial charge in [0.15, 0.2) is 0 Å². The minimum atomic E-state index is 0.111. The van der Waals surface area contributed by atoms with Crippen LogP contribution in [0.5, 0.6) is 0 Å². The van der Waals surface area contributed by atoms with Gasteiger partial charge in [0.2, 0.25) is 11.9 Å². The van der Waals surface area contributed by atoms with E-state index in [1.165, 1.54) is 5.56 Å². The average Bonchev–Trinajstić information content (AvgIpc) is 2.65. The lowest BCUT2D eigenvalue weighted by Crippen LogP contribution is -2.37. The van der Waals surface area contributed by atoms with Crippen LogP contribution in [0.3, 0.4) is 0 Å². The van der Waals surface area contributed by atoms with E-state index < -0.39 is 0 Å². The number of rotatable bonds is 6. The van der Waals surface area contributed by atoms with Crippen molar-refractivity contribution in [3.05, 3.63) is 48.0 Å². The highest BCUT2D eigenvalue weighted by Gasteiger charge is 2.26. The topological polar surface area (TPSA) is 79.8 Å². The summed E-state index contributed by atoms with van der Waals surface area (Å²) in [5.41, 5.74) is 2.23. The molecular weight excluding hydrogens is 314 g/mol. The van der Waals surface area contributed by atoms with Crippen molar-refractivity contribution < 1.29 is 4.79 Å². The van der Waals surface area contributed by atoms with E-state index >= 15 is 0 Å². The first-order chi connectivity index (χ1) is 12.2. The highest BCUT2D eigenvalue weighted by Crippen LogP contribution is 2.26. The number of carbonyl (C=O) groups excluding carboxylic acids is 1. The summed E-state index contributed by atoms with van der Waals surface area (Å²) in [6.07, 6.45) is 9.79. The van der Waals surface area contributed by atoms with E-state index in [1.54, 1.807) is 24.7 Å². The van der Waals surface area contributed by atoms with Gasteiger partial charge in [-0.05, 0) is 50.3 Å². The van der Waals surface area contributed by atoms with Crippen molar-refractivity contribution in [3.63, 3.8) is 0 Å². The molecule has 6 nitrogen and oxygen atoms in total. The summed E-state index contributed by atoms with van der Waals surface area (Å²) >= 11 is 0. The number of anilines is 1. The molecule has 1 amide bonds. The predicted molar refractivity (Wildman–Crippen MR) is 97.1 cm³/mol. The molecule has 1 aliphatic carbocycles. The van der Waals surface area contributed by atoms with Crippen LogP contribution in [0.25, 0.3) is 0 Å². The van der Waals surface area contributed by atoms with Gasteiger partial charge in [-0.15, -0.1) is 0 Å². The Hall–Kier alpha value is -2.50. The summed E-state index contributed by atoms with van der Waals surface area (Å²) in [6, 6.07) is 6.14. The first-order valence-electron chi connectivity index (χ1n) is 8.94. The molecule has 6 heteroatoms. The lowest BCUT2D eigenvalue weighted by Gasteiger charge is -2.28. The van der Waals surface area contributed by atoms with Crippen LogP contribution in [0.4, 0.5) is 5.95 Å². The third kappa shape index (κ3) is 4.98. The van der Waals surface area contributed by atoms with Crippen molar-refractivity contribution in [2.24, 2.45) is 5.92 Å². The zero-order chi connectivity index (χ0) is 17.5. The molecule has 0 unspecified atom stereocenters. The van der Waals surface area contributed by atoms with Crippen LogP contribution in [-0.4, -0.2) is 33.4 Å². The molecule has 2 aromatic rings. The Labute approximate surface area is 148 Å². The number of nitrogens with one attached hydrogen (secondary N) is 2. The van der Waals surface area contributed by atoms with E-state index in [1.807, 2.05) is 6.07 Å². The predicted octanol–water partition coefficient (Wildman–Crippen LogP) is 2.51. The number of aromatic nitrogens is 3. The molecule has 3 rings (SSSR count). The van der Waals surface area contributed by atoms with Crippen LogP contribution in [0.2, 0.25) is 0 Å². The molecule has 132 valence electrons. The van der Waals surface area contributed by atoms with Gasteiger partial charge in [0, 0.05) is 49.2 Å². The molecule has 0 atom stereocenters. The summed E-state index contributed by atoms with van der Waals surface area (Å²) in [4.78, 5) is 25.1. The molecule has 2 aromatic heterocycles. The van der Waals surface area contributed by atoms with Crippen LogP contribution < -0.4 is 10.6 Å². The first kappa shape index (κ1) is 17.3. The molecule has 0 saturated heterocycles. The highest BCUT2D eigenvalue weighted by molar-refractivity contribution is 5.78. The summed E-state index contributed by atoms with van der Waals surface area (Å²) in [5, 5.41) is 6.42. The Bertz CT molecular complexity index is 683. The summed E-state index contributed by atoms with van der Waals surface area (Å²) < 4.78 is 0. The van der Waals surface area contributed by atoms with Crippen molar-refractivity contribution in [1.29, 1.82) is 0 Å². The summed E-state index contributed by atoms with van der Waals surface area (Å²) in [5.74, 6) is 0.948. The number of hydrogen-bond donors (Lipinski definition) is 2. The van der Waals surface area contributed by atoms with E-state index in [0.717, 1.165) is 37.8 Å². The second kappa shape index (κ2) is 8.55. The zero-order valence-electron chi connectivity index (χ0n) is 14.6. The third-order valence-electron chi connectivity index (χ3n) is 4.78. The number of aryl methyl sites for hydroxylation is 1. The molecule has 2 heterocycles. The number of amides is 1. The summed E-state index contributed by atoms with van der Waals surface area (Å²) in [6.45, 7) is 2.70. The molecule has 2 N–H and O–H groups in total. The maximum atomic E-state index is 12.4. The maximum absolute atomic E-state index is 12.4. The van der Waals surface area contributed by atoms with E-state index in [2.05, 4.69) is 38.6 Å². The molecule has 1 saturated carbocycles. The third-order valence-corrected chi connectivity index (χ3v) is 4.78. The zero-order valence-corrected chi connectivity index (χ0v) is 14.6. The SMILES string of the molecule is Cc1cccnc1CCNC(=O)C1CCC(Nc2ncccn2)CC1. The van der Waals surface area contributed by atoms with Gasteiger partial charge in [0.25, 0.3) is 0 Å². The Morgan fingerprint density at radius 3 is 2.52 bits per heavy atom. The number of pyridine rings is 1. The molecular formula is C19H25N5O. The number of nitrogens with zero attached hydrogens (tertiary/aromatic N) is 3. The van der Waals surface area contributed by atoms with Crippen molar-refractivity contribution in [1.82, 2.24) is 20.3 Å². The smallest absolute Gasteiger partial charge is 0.223 e. The van der Waals surface area contributed by atoms with Crippen molar-refractivity contribution in [3.8, 4) is 0 Å². The van der Waals surface area contributed by atoms with Gasteiger partial charge in [-0.2, -0.15) is 0 Å². The fourth-order valence-corrected chi connectivity index (χ4v) is 3.28. The molecule has 0 spiro atoms. The van der Waals surface area contributed by atoms with Gasteiger partial charge in [-0.1, -0.05) is 6.07 Å². The molecule has 0 bridgehead atoms. The normalized spacial score (nSPS) is 20.0. The molecule has 0 radical (unpaired) electrons. The van der Waals surface area contributed by atoms with Crippen LogP contribution in [-0.2, 0) is 11.2 Å². The standard InChI is InChI=1S/C19H25N5O/c1-14-4-2-10-20-17(14)9-13-21-18(25)15-5-7-16(8-6-15)24-19-22-11-3-12-23-19/h2-4,10-12,15-16H,5-9,13H2,1H3,(H,21,25)(H,22,23,24). The monoisotopic (exact) mass is 339 g/mol. The summed E-state index contributed by atoms with van der Waals surface area (Å²) in [7, 11) is 0. The minimum Gasteiger partial charge on any atom is -0.355 e. The fourth-order valence-electron chi connectivity index (χ4n) is 3.28. The average molecular weight is 339 g/mol. The Morgan fingerprint density at radius 1 is 1.08 bits per heavy atom. The lowest BCUT2D eigenvalue weighted by atomic mass is 9.85. The second-order valence-corrected chi connectivity index (χ2v) is 6.57. The van der Waals surface area contributed by atoms with Crippen LogP contribution in [0, 0.1) is 12.8 Å². The van der Waals surface area contributed by atoms with E-state index in [0.29, 0.717) is 18.5 Å². The van der Waals surface area contributed by atoms with Gasteiger partial charge in [0.1, 0.15) is 0 Å². The fraction of sp³-hybridized carbons (Fsp3) is 0.474. The van der Waals surface area contributed by atoms with Crippen molar-refractivity contribution >= 4 is 11.9 Å². The molecule has 0 aliphatic heterocycles. The van der Waals surface area contributed by atoms with Crippen molar-refractivity contribution in [2.45, 2.75) is 45.1 Å². The molecule has 0 aromatic carbocycles. The molecule has 25 heavy (non-hydrogen) atoms. The molecule has 1 fully saturated rings. The van der Waals surface area contributed by atoms with Gasteiger partial charge in [0.05, 0.1) is 0 Å². The molecule has 1 aliphatic rings. The van der Waals surface area contributed by atoms with Crippen LogP contribution >= 0.6 is 0 Å². The lowest BCUT2D eigenvalue weighted by molar-refractivity contribution is -0.125. The minimum absolute atomic E-state index is 0.111. The van der Waals surface area contributed by atoms with E-state index in [-0.39, 0.29) is 11.8 Å². The van der Waals surface area contributed by atoms with Crippen LogP contribution in [0.1, 0.15) is 36.9 Å². The second-order valence-electron chi connectivity index (χ2n) is 6.57. The van der Waals surface area contributed by atoms with E-state index in [4.69, 9.17) is 0 Å².